The van der Waals surface area contributed by atoms with E-state index in [1.54, 1.807) is 5.01 Å². The van der Waals surface area contributed by atoms with Crippen LogP contribution in [0.3, 0.4) is 0 Å². The standard InChI is InChI=1S/C5H10N2O2/c8-5(9)6-7-3-1-2-4-7/h6H,1-4H2,(H,8,9)/p-1. The fourth-order valence-corrected chi connectivity index (χ4v) is 0.958. The van der Waals surface area contributed by atoms with Crippen molar-refractivity contribution in [1.29, 1.82) is 0 Å². The molecule has 1 fully saturated rings. The quantitative estimate of drug-likeness (QED) is 0.490. The van der Waals surface area contributed by atoms with E-state index in [0.717, 1.165) is 25.9 Å². The van der Waals surface area contributed by atoms with Gasteiger partial charge in [0.1, 0.15) is 6.09 Å². The molecule has 9 heavy (non-hydrogen) atoms. The minimum atomic E-state index is -1.21. The highest BCUT2D eigenvalue weighted by atomic mass is 16.4. The molecule has 52 valence electrons. The molecular weight excluding hydrogens is 120 g/mol. The van der Waals surface area contributed by atoms with E-state index >= 15 is 0 Å². The molecule has 0 unspecified atom stereocenters. The lowest BCUT2D eigenvalue weighted by molar-refractivity contribution is -0.256. The van der Waals surface area contributed by atoms with Crippen LogP contribution >= 0.6 is 0 Å². The fourth-order valence-electron chi connectivity index (χ4n) is 0.958. The smallest absolute Gasteiger partial charge is 0.149 e. The number of hydrogen-bond acceptors (Lipinski definition) is 3. The predicted molar refractivity (Wildman–Crippen MR) is 29.3 cm³/mol. The van der Waals surface area contributed by atoms with Gasteiger partial charge in [0, 0.05) is 13.1 Å². The SMILES string of the molecule is O=C([O-])NN1CCCC1. The molecule has 1 heterocycles. The minimum absolute atomic E-state index is 0.813. The van der Waals surface area contributed by atoms with E-state index in [0.29, 0.717) is 0 Å². The molecule has 4 nitrogen and oxygen atoms in total. The van der Waals surface area contributed by atoms with Crippen LogP contribution in [0.25, 0.3) is 0 Å². The van der Waals surface area contributed by atoms with Crippen molar-refractivity contribution >= 4 is 6.09 Å². The van der Waals surface area contributed by atoms with Crippen molar-refractivity contribution in [3.63, 3.8) is 0 Å². The largest absolute Gasteiger partial charge is 0.529 e. The summed E-state index contributed by atoms with van der Waals surface area (Å²) < 4.78 is 0. The Balaban J connectivity index is 2.19. The van der Waals surface area contributed by atoms with Crippen molar-refractivity contribution in [1.82, 2.24) is 10.4 Å². The Morgan fingerprint density at radius 2 is 2.00 bits per heavy atom. The molecule has 0 saturated carbocycles. The van der Waals surface area contributed by atoms with Gasteiger partial charge >= 0.3 is 0 Å². The summed E-state index contributed by atoms with van der Waals surface area (Å²) in [4.78, 5) is 9.89. The van der Waals surface area contributed by atoms with Crippen LogP contribution in [0.5, 0.6) is 0 Å². The summed E-state index contributed by atoms with van der Waals surface area (Å²) in [5, 5.41) is 11.5. The van der Waals surface area contributed by atoms with Crippen molar-refractivity contribution in [3.8, 4) is 0 Å². The Hall–Kier alpha value is -0.770. The maximum absolute atomic E-state index is 9.89. The number of carboxylic acid groups (broad SMARTS) is 1. The maximum atomic E-state index is 9.89. The summed E-state index contributed by atoms with van der Waals surface area (Å²) in [6.07, 6.45) is 0.928. The molecule has 0 atom stereocenters. The third kappa shape index (κ3) is 1.89. The molecule has 0 spiro atoms. The number of nitrogens with one attached hydrogen (secondary N) is 1. The first-order chi connectivity index (χ1) is 4.29. The molecule has 0 aromatic carbocycles. The van der Waals surface area contributed by atoms with Crippen LogP contribution in [0.1, 0.15) is 12.8 Å². The van der Waals surface area contributed by atoms with E-state index in [1.807, 2.05) is 0 Å². The van der Waals surface area contributed by atoms with Gasteiger partial charge in [0.25, 0.3) is 0 Å². The highest BCUT2D eigenvalue weighted by Crippen LogP contribution is 2.02. The molecule has 0 aromatic rings. The second-order valence-electron chi connectivity index (χ2n) is 2.09. The average molecular weight is 129 g/mol. The van der Waals surface area contributed by atoms with E-state index in [1.165, 1.54) is 0 Å². The molecule has 0 bridgehead atoms. The van der Waals surface area contributed by atoms with Crippen molar-refractivity contribution in [3.05, 3.63) is 0 Å². The Bertz CT molecular complexity index is 110. The molecular formula is C5H9N2O2-. The number of hydrazine groups is 1. The topological polar surface area (TPSA) is 55.4 Å². The monoisotopic (exact) mass is 129 g/mol. The third-order valence-electron chi connectivity index (χ3n) is 1.36. The lowest BCUT2D eigenvalue weighted by Gasteiger charge is -2.17. The molecule has 0 radical (unpaired) electrons. The van der Waals surface area contributed by atoms with E-state index in [2.05, 4.69) is 5.43 Å². The van der Waals surface area contributed by atoms with Gasteiger partial charge in [0.2, 0.25) is 0 Å². The lowest BCUT2D eigenvalue weighted by Crippen LogP contribution is -2.46. The van der Waals surface area contributed by atoms with Crippen LogP contribution in [0.15, 0.2) is 0 Å². The summed E-state index contributed by atoms with van der Waals surface area (Å²) in [7, 11) is 0. The van der Waals surface area contributed by atoms with Crippen LogP contribution in [-0.2, 0) is 0 Å². The van der Waals surface area contributed by atoms with Gasteiger partial charge in [-0.15, -0.1) is 0 Å². The van der Waals surface area contributed by atoms with Crippen molar-refractivity contribution in [2.24, 2.45) is 0 Å². The molecule has 1 N–H and O–H groups in total. The lowest BCUT2D eigenvalue weighted by atomic mass is 10.4. The summed E-state index contributed by atoms with van der Waals surface area (Å²) in [6, 6.07) is 0. The molecule has 1 aliphatic rings. The summed E-state index contributed by atoms with van der Waals surface area (Å²) >= 11 is 0. The molecule has 1 amide bonds. The van der Waals surface area contributed by atoms with Gasteiger partial charge in [-0.1, -0.05) is 0 Å². The van der Waals surface area contributed by atoms with Gasteiger partial charge in [-0.25, -0.2) is 5.01 Å². The fraction of sp³-hybridized carbons (Fsp3) is 0.800. The summed E-state index contributed by atoms with van der Waals surface area (Å²) in [5.41, 5.74) is 2.18. The minimum Gasteiger partial charge on any atom is -0.529 e. The third-order valence-corrected chi connectivity index (χ3v) is 1.36. The van der Waals surface area contributed by atoms with E-state index in [-0.39, 0.29) is 0 Å². The van der Waals surface area contributed by atoms with Gasteiger partial charge in [-0.3, -0.25) is 0 Å². The van der Waals surface area contributed by atoms with Gasteiger partial charge in [-0.2, -0.15) is 0 Å². The Labute approximate surface area is 53.4 Å². The first-order valence-electron chi connectivity index (χ1n) is 3.01. The Kier molecular flexibility index (Phi) is 1.89. The Morgan fingerprint density at radius 3 is 2.44 bits per heavy atom. The second-order valence-corrected chi connectivity index (χ2v) is 2.09. The van der Waals surface area contributed by atoms with E-state index < -0.39 is 6.09 Å². The van der Waals surface area contributed by atoms with Crippen LogP contribution in [0.2, 0.25) is 0 Å². The zero-order valence-electron chi connectivity index (χ0n) is 5.09. The number of hydrogen-bond donors (Lipinski definition) is 1. The zero-order valence-corrected chi connectivity index (χ0v) is 5.09. The number of rotatable bonds is 1. The van der Waals surface area contributed by atoms with Gasteiger partial charge in [-0.05, 0) is 12.8 Å². The van der Waals surface area contributed by atoms with Crippen LogP contribution < -0.4 is 10.5 Å². The molecule has 4 heteroatoms. The average Bonchev–Trinajstić information content (AvgIpc) is 2.15. The molecule has 1 saturated heterocycles. The van der Waals surface area contributed by atoms with Gasteiger partial charge in [0.05, 0.1) is 0 Å². The first-order valence-corrected chi connectivity index (χ1v) is 3.01. The maximum Gasteiger partial charge on any atom is 0.149 e. The number of amides is 1. The zero-order chi connectivity index (χ0) is 6.69. The highest BCUT2D eigenvalue weighted by molar-refractivity contribution is 5.61. The predicted octanol–water partition coefficient (Wildman–Crippen LogP) is -1.07. The summed E-state index contributed by atoms with van der Waals surface area (Å²) in [5.74, 6) is 0. The van der Waals surface area contributed by atoms with Crippen LogP contribution in [0, 0.1) is 0 Å². The molecule has 1 rings (SSSR count). The highest BCUT2D eigenvalue weighted by Gasteiger charge is 2.09. The van der Waals surface area contributed by atoms with Gasteiger partial charge < -0.3 is 15.3 Å². The molecule has 0 aromatic heterocycles. The number of nitrogens with zero attached hydrogens (tertiary/aromatic N) is 1. The Morgan fingerprint density at radius 1 is 1.44 bits per heavy atom. The van der Waals surface area contributed by atoms with Gasteiger partial charge in [0.15, 0.2) is 0 Å². The normalized spacial score (nSPS) is 20.0. The number of carbonyl (C=O) groups is 1. The van der Waals surface area contributed by atoms with E-state index in [9.17, 15) is 9.90 Å². The molecule has 0 aliphatic carbocycles. The molecule has 1 aliphatic heterocycles. The first kappa shape index (κ1) is 6.35. The van der Waals surface area contributed by atoms with Crippen molar-refractivity contribution in [2.45, 2.75) is 12.8 Å². The van der Waals surface area contributed by atoms with Crippen molar-refractivity contribution in [2.75, 3.05) is 13.1 Å². The van der Waals surface area contributed by atoms with E-state index in [4.69, 9.17) is 0 Å². The summed E-state index contributed by atoms with van der Waals surface area (Å²) in [6.45, 7) is 1.63. The second kappa shape index (κ2) is 2.68. The number of carbonyl (C=O) groups excluding carboxylic acids is 1. The van der Waals surface area contributed by atoms with Crippen LogP contribution in [0.4, 0.5) is 4.79 Å². The van der Waals surface area contributed by atoms with Crippen LogP contribution in [-0.4, -0.2) is 24.2 Å². The van der Waals surface area contributed by atoms with Crippen molar-refractivity contribution < 1.29 is 9.90 Å².